The molecule has 0 bridgehead atoms. The van der Waals surface area contributed by atoms with Crippen LogP contribution in [0.1, 0.15) is 63.0 Å². The SMILES string of the molecule is Cc1c(C(O)C(C)(C)C)cc2c(c1C)NC(=O)C2(C)C. The second kappa shape index (κ2) is 4.32. The van der Waals surface area contributed by atoms with Gasteiger partial charge >= 0.3 is 0 Å². The van der Waals surface area contributed by atoms with Crippen molar-refractivity contribution >= 4 is 11.6 Å². The van der Waals surface area contributed by atoms with Crippen LogP contribution < -0.4 is 5.32 Å². The van der Waals surface area contributed by atoms with Gasteiger partial charge in [0.25, 0.3) is 0 Å². The van der Waals surface area contributed by atoms with E-state index in [1.54, 1.807) is 0 Å². The molecular weight excluding hydrogens is 250 g/mol. The number of anilines is 1. The zero-order valence-electron chi connectivity index (χ0n) is 13.5. The van der Waals surface area contributed by atoms with Crippen molar-refractivity contribution in [2.45, 2.75) is 60.0 Å². The maximum Gasteiger partial charge on any atom is 0.234 e. The first-order valence-corrected chi connectivity index (χ1v) is 7.12. The van der Waals surface area contributed by atoms with E-state index in [1.165, 1.54) is 0 Å². The molecule has 110 valence electrons. The fraction of sp³-hybridized carbons (Fsp3) is 0.588. The number of amides is 1. The third-order valence-electron chi connectivity index (χ3n) is 4.53. The maximum absolute atomic E-state index is 12.1. The quantitative estimate of drug-likeness (QED) is 0.822. The van der Waals surface area contributed by atoms with Crippen LogP contribution in [0, 0.1) is 19.3 Å². The summed E-state index contributed by atoms with van der Waals surface area (Å²) in [4.78, 5) is 12.1. The zero-order chi connectivity index (χ0) is 15.5. The van der Waals surface area contributed by atoms with Crippen LogP contribution >= 0.6 is 0 Å². The van der Waals surface area contributed by atoms with Crippen molar-refractivity contribution in [1.29, 1.82) is 0 Å². The second-order valence-electron chi connectivity index (χ2n) is 7.49. The average Bonchev–Trinajstić information content (AvgIpc) is 2.54. The molecule has 1 aromatic rings. The van der Waals surface area contributed by atoms with Crippen LogP contribution in [0.2, 0.25) is 0 Å². The van der Waals surface area contributed by atoms with E-state index < -0.39 is 11.5 Å². The topological polar surface area (TPSA) is 49.3 Å². The molecule has 1 aliphatic rings. The van der Waals surface area contributed by atoms with Crippen molar-refractivity contribution in [2.75, 3.05) is 5.32 Å². The number of aliphatic hydroxyl groups excluding tert-OH is 1. The van der Waals surface area contributed by atoms with Crippen molar-refractivity contribution in [3.05, 3.63) is 28.3 Å². The molecule has 3 nitrogen and oxygen atoms in total. The Morgan fingerprint density at radius 3 is 2.25 bits per heavy atom. The molecule has 0 saturated carbocycles. The smallest absolute Gasteiger partial charge is 0.234 e. The minimum absolute atomic E-state index is 0.0254. The fourth-order valence-electron chi connectivity index (χ4n) is 2.74. The Bertz CT molecular complexity index is 580. The largest absolute Gasteiger partial charge is 0.388 e. The lowest BCUT2D eigenvalue weighted by molar-refractivity contribution is -0.119. The van der Waals surface area contributed by atoms with Gasteiger partial charge in [0.05, 0.1) is 11.5 Å². The highest BCUT2D eigenvalue weighted by molar-refractivity contribution is 6.06. The number of hydrogen-bond donors (Lipinski definition) is 2. The first-order valence-electron chi connectivity index (χ1n) is 7.12. The summed E-state index contributed by atoms with van der Waals surface area (Å²) in [5.74, 6) is 0.0254. The zero-order valence-corrected chi connectivity index (χ0v) is 13.5. The van der Waals surface area contributed by atoms with Crippen LogP contribution in [-0.2, 0) is 10.2 Å². The van der Waals surface area contributed by atoms with Gasteiger partial charge in [0.2, 0.25) is 5.91 Å². The monoisotopic (exact) mass is 275 g/mol. The summed E-state index contributed by atoms with van der Waals surface area (Å²) in [6, 6.07) is 2.01. The van der Waals surface area contributed by atoms with Crippen molar-refractivity contribution < 1.29 is 9.90 Å². The molecule has 0 fully saturated rings. The van der Waals surface area contributed by atoms with Crippen molar-refractivity contribution in [1.82, 2.24) is 0 Å². The summed E-state index contributed by atoms with van der Waals surface area (Å²) in [6.45, 7) is 13.9. The molecule has 0 saturated heterocycles. The molecule has 0 radical (unpaired) electrons. The molecule has 1 aliphatic heterocycles. The summed E-state index contributed by atoms with van der Waals surface area (Å²) < 4.78 is 0. The van der Waals surface area contributed by atoms with Gasteiger partial charge in [-0.05, 0) is 61.4 Å². The van der Waals surface area contributed by atoms with Crippen molar-refractivity contribution in [3.63, 3.8) is 0 Å². The van der Waals surface area contributed by atoms with Gasteiger partial charge in [-0.15, -0.1) is 0 Å². The third kappa shape index (κ3) is 2.05. The van der Waals surface area contributed by atoms with Crippen LogP contribution in [-0.4, -0.2) is 11.0 Å². The Labute approximate surface area is 121 Å². The van der Waals surface area contributed by atoms with Crippen LogP contribution in [0.5, 0.6) is 0 Å². The van der Waals surface area contributed by atoms with Crippen molar-refractivity contribution in [3.8, 4) is 0 Å². The molecule has 0 aliphatic carbocycles. The van der Waals surface area contributed by atoms with Crippen LogP contribution in [0.25, 0.3) is 0 Å². The first kappa shape index (κ1) is 15.0. The van der Waals surface area contributed by atoms with E-state index in [0.29, 0.717) is 0 Å². The van der Waals surface area contributed by atoms with Gasteiger partial charge in [0.1, 0.15) is 0 Å². The number of rotatable bonds is 1. The first-order chi connectivity index (χ1) is 8.98. The van der Waals surface area contributed by atoms with Gasteiger partial charge < -0.3 is 10.4 Å². The molecule has 20 heavy (non-hydrogen) atoms. The molecule has 1 unspecified atom stereocenters. The second-order valence-corrected chi connectivity index (χ2v) is 7.49. The van der Waals surface area contributed by atoms with E-state index in [-0.39, 0.29) is 11.3 Å². The Kier molecular flexibility index (Phi) is 3.25. The highest BCUT2D eigenvalue weighted by atomic mass is 16.3. The minimum atomic E-state index is -0.544. The lowest BCUT2D eigenvalue weighted by atomic mass is 9.78. The molecule has 0 aromatic heterocycles. The van der Waals surface area contributed by atoms with Gasteiger partial charge in [0, 0.05) is 5.69 Å². The van der Waals surface area contributed by atoms with E-state index >= 15 is 0 Å². The summed E-state index contributed by atoms with van der Waals surface area (Å²) in [5.41, 5.74) is 4.18. The number of benzene rings is 1. The Morgan fingerprint density at radius 2 is 1.75 bits per heavy atom. The summed E-state index contributed by atoms with van der Waals surface area (Å²) >= 11 is 0. The fourth-order valence-corrected chi connectivity index (χ4v) is 2.74. The van der Waals surface area contributed by atoms with Crippen molar-refractivity contribution in [2.24, 2.45) is 5.41 Å². The molecule has 1 aromatic carbocycles. The molecule has 3 heteroatoms. The van der Waals surface area contributed by atoms with Crippen LogP contribution in [0.3, 0.4) is 0 Å². The lowest BCUT2D eigenvalue weighted by Crippen LogP contribution is -2.27. The van der Waals surface area contributed by atoms with E-state index in [0.717, 1.165) is 27.9 Å². The Morgan fingerprint density at radius 1 is 1.20 bits per heavy atom. The van der Waals surface area contributed by atoms with Gasteiger partial charge in [-0.25, -0.2) is 0 Å². The molecule has 0 spiro atoms. The van der Waals surface area contributed by atoms with Gasteiger partial charge in [-0.1, -0.05) is 20.8 Å². The third-order valence-corrected chi connectivity index (χ3v) is 4.53. The normalized spacial score (nSPS) is 18.7. The predicted molar refractivity (Wildman–Crippen MR) is 82.0 cm³/mol. The number of nitrogens with one attached hydrogen (secondary N) is 1. The number of fused-ring (bicyclic) bond motifs is 1. The number of aliphatic hydroxyl groups is 1. The van der Waals surface area contributed by atoms with E-state index in [2.05, 4.69) is 5.32 Å². The number of carbonyl (C=O) groups excluding carboxylic acids is 1. The van der Waals surface area contributed by atoms with Crippen LogP contribution in [0.4, 0.5) is 5.69 Å². The molecule has 1 heterocycles. The predicted octanol–water partition coefficient (Wildman–Crippen LogP) is 3.61. The Hall–Kier alpha value is -1.35. The van der Waals surface area contributed by atoms with Gasteiger partial charge in [0.15, 0.2) is 0 Å². The molecule has 1 atom stereocenters. The van der Waals surface area contributed by atoms with E-state index in [1.807, 2.05) is 54.5 Å². The molecule has 2 rings (SSSR count). The summed E-state index contributed by atoms with van der Waals surface area (Å²) in [6.07, 6.45) is -0.544. The van der Waals surface area contributed by atoms with Gasteiger partial charge in [-0.3, -0.25) is 4.79 Å². The van der Waals surface area contributed by atoms with Crippen LogP contribution in [0.15, 0.2) is 6.07 Å². The van der Waals surface area contributed by atoms with E-state index in [9.17, 15) is 9.90 Å². The average molecular weight is 275 g/mol. The lowest BCUT2D eigenvalue weighted by Gasteiger charge is -2.29. The summed E-state index contributed by atoms with van der Waals surface area (Å²) in [7, 11) is 0. The summed E-state index contributed by atoms with van der Waals surface area (Å²) in [5, 5.41) is 13.6. The minimum Gasteiger partial charge on any atom is -0.388 e. The van der Waals surface area contributed by atoms with E-state index in [4.69, 9.17) is 0 Å². The Balaban J connectivity index is 2.68. The molecular formula is C17H25NO2. The van der Waals surface area contributed by atoms with Gasteiger partial charge in [-0.2, -0.15) is 0 Å². The molecule has 2 N–H and O–H groups in total. The maximum atomic E-state index is 12.1. The number of carbonyl (C=O) groups is 1. The standard InChI is InChI=1S/C17H25NO2/c1-9-10(2)13-12(17(6,7)15(20)18-13)8-11(9)14(19)16(3,4)5/h8,14,19H,1-7H3,(H,18,20). The highest BCUT2D eigenvalue weighted by Gasteiger charge is 2.40. The number of hydrogen-bond acceptors (Lipinski definition) is 2. The molecule has 1 amide bonds. The highest BCUT2D eigenvalue weighted by Crippen LogP contribution is 2.44.